The van der Waals surface area contributed by atoms with Crippen molar-refractivity contribution in [1.29, 1.82) is 0 Å². The molecule has 0 unspecified atom stereocenters. The van der Waals surface area contributed by atoms with Gasteiger partial charge in [0.2, 0.25) is 0 Å². The molecule has 0 radical (unpaired) electrons. The van der Waals surface area contributed by atoms with E-state index in [0.717, 1.165) is 11.8 Å². The summed E-state index contributed by atoms with van der Waals surface area (Å²) in [7, 11) is 0. The maximum absolute atomic E-state index is 1.55. The molecular weight excluding hydrogens is 432 g/mol. The van der Waals surface area contributed by atoms with Crippen molar-refractivity contribution in [3.8, 4) is 0 Å². The van der Waals surface area contributed by atoms with Crippen LogP contribution in [-0.4, -0.2) is 0 Å². The van der Waals surface area contributed by atoms with E-state index in [0.29, 0.717) is 0 Å². The average Bonchev–Trinajstić information content (AvgIpc) is 2.88. The lowest BCUT2D eigenvalue weighted by Gasteiger charge is -2.20. The summed E-state index contributed by atoms with van der Waals surface area (Å²) in [5, 5.41) is 0. The topological polar surface area (TPSA) is 0 Å². The van der Waals surface area contributed by atoms with Crippen molar-refractivity contribution >= 4 is 0 Å². The Morgan fingerprint density at radius 2 is 0.389 bits per heavy atom. The summed E-state index contributed by atoms with van der Waals surface area (Å²) in [6.45, 7) is 0. The second kappa shape index (κ2) is 25.3. The second-order valence-electron chi connectivity index (χ2n) is 13.4. The van der Waals surface area contributed by atoms with Crippen molar-refractivity contribution in [2.75, 3.05) is 0 Å². The fourth-order valence-electron chi connectivity index (χ4n) is 7.35. The van der Waals surface area contributed by atoms with E-state index in [1.54, 1.807) is 38.5 Å². The lowest BCUT2D eigenvalue weighted by atomic mass is 9.86. The molecule has 0 N–H and O–H groups in total. The molecule has 2 fully saturated rings. The smallest absolute Gasteiger partial charge is 0.0414 e. The zero-order valence-corrected chi connectivity index (χ0v) is 25.2. The van der Waals surface area contributed by atoms with Crippen molar-refractivity contribution in [1.82, 2.24) is 0 Å². The van der Waals surface area contributed by atoms with Crippen LogP contribution in [0.1, 0.15) is 218 Å². The van der Waals surface area contributed by atoms with Crippen LogP contribution in [0.4, 0.5) is 0 Å². The van der Waals surface area contributed by atoms with Crippen LogP contribution in [0, 0.1) is 11.8 Å². The quantitative estimate of drug-likeness (QED) is 0.328. The average molecular weight is 503 g/mol. The van der Waals surface area contributed by atoms with E-state index in [-0.39, 0.29) is 0 Å². The summed E-state index contributed by atoms with van der Waals surface area (Å²) in [5.74, 6) is 2.10. The van der Waals surface area contributed by atoms with Gasteiger partial charge in [-0.15, -0.1) is 0 Å². The molecule has 2 aliphatic carbocycles. The van der Waals surface area contributed by atoms with E-state index in [4.69, 9.17) is 0 Å². The van der Waals surface area contributed by atoms with E-state index < -0.39 is 0 Å². The number of unbranched alkanes of at least 4 members (excludes halogenated alkanes) is 1. The standard InChI is InChI=1S/C36H70/c1-3-7-11-15-19-23-29-35(30-24-20-16-12-8-4-1)33-27-28-34-36-31-25-21-17-13-9-5-2-6-10-14-18-22-26-32-36/h35-36H,1-34H2. The van der Waals surface area contributed by atoms with Crippen LogP contribution in [0.2, 0.25) is 0 Å². The van der Waals surface area contributed by atoms with Gasteiger partial charge >= 0.3 is 0 Å². The van der Waals surface area contributed by atoms with Gasteiger partial charge in [-0.25, -0.2) is 0 Å². The Balaban J connectivity index is 1.65. The lowest BCUT2D eigenvalue weighted by molar-refractivity contribution is 0.337. The number of rotatable bonds is 5. The van der Waals surface area contributed by atoms with Gasteiger partial charge in [0, 0.05) is 0 Å². The van der Waals surface area contributed by atoms with E-state index in [2.05, 4.69) is 0 Å². The summed E-state index contributed by atoms with van der Waals surface area (Å²) in [6, 6.07) is 0. The minimum absolute atomic E-state index is 1.05. The van der Waals surface area contributed by atoms with Crippen LogP contribution in [0.3, 0.4) is 0 Å². The molecule has 0 heterocycles. The molecule has 0 spiro atoms. The van der Waals surface area contributed by atoms with Crippen molar-refractivity contribution in [2.45, 2.75) is 218 Å². The Kier molecular flexibility index (Phi) is 22.6. The normalized spacial score (nSPS) is 24.3. The molecular formula is C36H70. The maximum atomic E-state index is 1.55. The Morgan fingerprint density at radius 3 is 0.583 bits per heavy atom. The Bertz CT molecular complexity index is 354. The van der Waals surface area contributed by atoms with E-state index in [1.165, 1.54) is 180 Å². The van der Waals surface area contributed by atoms with Crippen LogP contribution in [0.15, 0.2) is 0 Å². The first kappa shape index (κ1) is 32.2. The highest BCUT2D eigenvalue weighted by molar-refractivity contribution is 4.66. The molecule has 0 heteroatoms. The SMILES string of the molecule is C1CCCCCCCC(CCCCC2CCCCCCCCCCCCCCC2)CCCCCCC1. The van der Waals surface area contributed by atoms with Crippen LogP contribution in [-0.2, 0) is 0 Å². The summed E-state index contributed by atoms with van der Waals surface area (Å²) in [6.07, 6.45) is 51.6. The predicted octanol–water partition coefficient (Wildman–Crippen LogP) is 13.5. The first-order valence-electron chi connectivity index (χ1n) is 17.9. The van der Waals surface area contributed by atoms with Crippen molar-refractivity contribution in [2.24, 2.45) is 11.8 Å². The maximum Gasteiger partial charge on any atom is -0.0414 e. The molecule has 36 heavy (non-hydrogen) atoms. The van der Waals surface area contributed by atoms with Gasteiger partial charge in [0.15, 0.2) is 0 Å². The van der Waals surface area contributed by atoms with Gasteiger partial charge in [0.1, 0.15) is 0 Å². The van der Waals surface area contributed by atoms with Gasteiger partial charge in [0.05, 0.1) is 0 Å². The third kappa shape index (κ3) is 20.0. The van der Waals surface area contributed by atoms with Gasteiger partial charge in [-0.05, 0) is 11.8 Å². The third-order valence-electron chi connectivity index (χ3n) is 9.92. The molecule has 2 rings (SSSR count). The summed E-state index contributed by atoms with van der Waals surface area (Å²) < 4.78 is 0. The van der Waals surface area contributed by atoms with Gasteiger partial charge in [-0.2, -0.15) is 0 Å². The molecule has 0 bridgehead atoms. The first-order valence-corrected chi connectivity index (χ1v) is 17.9. The van der Waals surface area contributed by atoms with Crippen LogP contribution in [0.5, 0.6) is 0 Å². The highest BCUT2D eigenvalue weighted by Gasteiger charge is 2.12. The molecule has 2 saturated carbocycles. The summed E-state index contributed by atoms with van der Waals surface area (Å²) in [5.41, 5.74) is 0. The molecule has 0 amide bonds. The highest BCUT2D eigenvalue weighted by Crippen LogP contribution is 2.28. The molecule has 0 saturated heterocycles. The van der Waals surface area contributed by atoms with Gasteiger partial charge in [-0.1, -0.05) is 218 Å². The zero-order chi connectivity index (χ0) is 25.2. The summed E-state index contributed by atoms with van der Waals surface area (Å²) in [4.78, 5) is 0. The van der Waals surface area contributed by atoms with E-state index >= 15 is 0 Å². The predicted molar refractivity (Wildman–Crippen MR) is 164 cm³/mol. The first-order chi connectivity index (χ1) is 17.9. The van der Waals surface area contributed by atoms with Gasteiger partial charge in [-0.3, -0.25) is 0 Å². The molecule has 0 nitrogen and oxygen atoms in total. The van der Waals surface area contributed by atoms with Crippen molar-refractivity contribution in [3.63, 3.8) is 0 Å². The monoisotopic (exact) mass is 503 g/mol. The van der Waals surface area contributed by atoms with Gasteiger partial charge < -0.3 is 0 Å². The van der Waals surface area contributed by atoms with E-state index in [9.17, 15) is 0 Å². The molecule has 0 aliphatic heterocycles. The molecule has 214 valence electrons. The fourth-order valence-corrected chi connectivity index (χ4v) is 7.35. The number of hydrogen-bond acceptors (Lipinski definition) is 0. The van der Waals surface area contributed by atoms with E-state index in [1.807, 2.05) is 0 Å². The fraction of sp³-hybridized carbons (Fsp3) is 1.00. The Morgan fingerprint density at radius 1 is 0.222 bits per heavy atom. The Labute approximate surface area is 230 Å². The zero-order valence-electron chi connectivity index (χ0n) is 25.2. The lowest BCUT2D eigenvalue weighted by Crippen LogP contribution is -2.04. The molecule has 0 aromatic rings. The second-order valence-corrected chi connectivity index (χ2v) is 13.4. The highest BCUT2D eigenvalue weighted by atomic mass is 14.2. The largest absolute Gasteiger partial charge is 0.0533 e. The van der Waals surface area contributed by atoms with Gasteiger partial charge in [0.25, 0.3) is 0 Å². The minimum atomic E-state index is 1.05. The molecule has 0 aromatic heterocycles. The minimum Gasteiger partial charge on any atom is -0.0533 e. The molecule has 0 atom stereocenters. The summed E-state index contributed by atoms with van der Waals surface area (Å²) >= 11 is 0. The van der Waals surface area contributed by atoms with Crippen LogP contribution < -0.4 is 0 Å². The van der Waals surface area contributed by atoms with Crippen LogP contribution in [0.25, 0.3) is 0 Å². The van der Waals surface area contributed by atoms with Crippen molar-refractivity contribution < 1.29 is 0 Å². The van der Waals surface area contributed by atoms with Crippen LogP contribution >= 0.6 is 0 Å². The van der Waals surface area contributed by atoms with Crippen molar-refractivity contribution in [3.05, 3.63) is 0 Å². The molecule has 2 aliphatic rings. The number of hydrogen-bond donors (Lipinski definition) is 0. The third-order valence-corrected chi connectivity index (χ3v) is 9.92. The molecule has 0 aromatic carbocycles. The Hall–Kier alpha value is 0.